The van der Waals surface area contributed by atoms with Crippen LogP contribution >= 0.6 is 34.8 Å². The van der Waals surface area contributed by atoms with Crippen LogP contribution in [0, 0.1) is 5.82 Å². The lowest BCUT2D eigenvalue weighted by Gasteiger charge is -2.04. The van der Waals surface area contributed by atoms with Crippen LogP contribution in [0.15, 0.2) is 41.8 Å². The van der Waals surface area contributed by atoms with Gasteiger partial charge in [0.15, 0.2) is 9.84 Å². The predicted octanol–water partition coefficient (Wildman–Crippen LogP) is 5.37. The lowest BCUT2D eigenvalue weighted by atomic mass is 10.2. The van der Waals surface area contributed by atoms with Crippen LogP contribution in [0.25, 0.3) is 6.08 Å². The Balaban J connectivity index is 2.24. The SMILES string of the molecule is O=S(=O)(C=Cc1cccc(Cl)c1Cl)Cc1ccc(F)cc1Cl. The maximum absolute atomic E-state index is 13.0. The Hall–Kier alpha value is -1.07. The molecule has 0 fully saturated rings. The summed E-state index contributed by atoms with van der Waals surface area (Å²) in [5, 5.41) is 1.71. The van der Waals surface area contributed by atoms with Gasteiger partial charge in [0.2, 0.25) is 0 Å². The molecule has 0 radical (unpaired) electrons. The van der Waals surface area contributed by atoms with Gasteiger partial charge in [-0.3, -0.25) is 0 Å². The van der Waals surface area contributed by atoms with Gasteiger partial charge in [0.1, 0.15) is 5.82 Å². The third kappa shape index (κ3) is 4.46. The lowest BCUT2D eigenvalue weighted by molar-refractivity contribution is 0.603. The molecule has 0 aliphatic heterocycles. The van der Waals surface area contributed by atoms with Gasteiger partial charge in [-0.25, -0.2) is 12.8 Å². The number of sulfone groups is 1. The van der Waals surface area contributed by atoms with Crippen molar-refractivity contribution in [1.29, 1.82) is 0 Å². The first-order chi connectivity index (χ1) is 10.3. The largest absolute Gasteiger partial charge is 0.224 e. The van der Waals surface area contributed by atoms with E-state index in [1.54, 1.807) is 18.2 Å². The highest BCUT2D eigenvalue weighted by Crippen LogP contribution is 2.27. The fourth-order valence-electron chi connectivity index (χ4n) is 1.73. The Morgan fingerprint density at radius 1 is 1.05 bits per heavy atom. The number of rotatable bonds is 4. The first kappa shape index (κ1) is 17.3. The predicted molar refractivity (Wildman–Crippen MR) is 89.5 cm³/mol. The summed E-state index contributed by atoms with van der Waals surface area (Å²) in [4.78, 5) is 0. The molecule has 2 aromatic rings. The molecule has 0 N–H and O–H groups in total. The van der Waals surface area contributed by atoms with E-state index in [0.29, 0.717) is 16.1 Å². The molecule has 0 unspecified atom stereocenters. The highest BCUT2D eigenvalue weighted by Gasteiger charge is 2.12. The highest BCUT2D eigenvalue weighted by molar-refractivity contribution is 7.93. The molecule has 0 aliphatic rings. The first-order valence-corrected chi connectivity index (χ1v) is 8.92. The minimum absolute atomic E-state index is 0.0674. The van der Waals surface area contributed by atoms with Crippen molar-refractivity contribution in [3.63, 3.8) is 0 Å². The van der Waals surface area contributed by atoms with E-state index in [1.807, 2.05) is 0 Å². The van der Waals surface area contributed by atoms with Gasteiger partial charge in [-0.2, -0.15) is 0 Å². The summed E-state index contributed by atoms with van der Waals surface area (Å²) >= 11 is 17.7. The van der Waals surface area contributed by atoms with Crippen LogP contribution in [-0.4, -0.2) is 8.42 Å². The molecule has 0 saturated heterocycles. The zero-order valence-electron chi connectivity index (χ0n) is 11.1. The fraction of sp³-hybridized carbons (Fsp3) is 0.0667. The summed E-state index contributed by atoms with van der Waals surface area (Å²) in [7, 11) is -3.59. The summed E-state index contributed by atoms with van der Waals surface area (Å²) in [5.41, 5.74) is 0.813. The minimum atomic E-state index is -3.59. The highest BCUT2D eigenvalue weighted by atomic mass is 35.5. The van der Waals surface area contributed by atoms with Crippen molar-refractivity contribution in [3.8, 4) is 0 Å². The molecule has 2 aromatic carbocycles. The molecule has 0 spiro atoms. The molecule has 0 bridgehead atoms. The van der Waals surface area contributed by atoms with Crippen LogP contribution in [0.3, 0.4) is 0 Å². The van der Waals surface area contributed by atoms with Crippen LogP contribution in [0.2, 0.25) is 15.1 Å². The Kier molecular flexibility index (Phi) is 5.50. The van der Waals surface area contributed by atoms with Crippen LogP contribution < -0.4 is 0 Å². The average molecular weight is 380 g/mol. The molecule has 2 rings (SSSR count). The molecular weight excluding hydrogens is 370 g/mol. The maximum Gasteiger partial charge on any atom is 0.175 e. The van der Waals surface area contributed by atoms with Crippen LogP contribution in [-0.2, 0) is 15.6 Å². The van der Waals surface area contributed by atoms with Gasteiger partial charge in [0.05, 0.1) is 15.8 Å². The van der Waals surface area contributed by atoms with Crippen molar-refractivity contribution in [3.05, 3.63) is 73.8 Å². The van der Waals surface area contributed by atoms with Gasteiger partial charge in [0.25, 0.3) is 0 Å². The van der Waals surface area contributed by atoms with E-state index in [1.165, 1.54) is 12.1 Å². The van der Waals surface area contributed by atoms with Gasteiger partial charge in [-0.1, -0.05) is 53.0 Å². The van der Waals surface area contributed by atoms with E-state index in [2.05, 4.69) is 0 Å². The third-order valence-electron chi connectivity index (χ3n) is 2.81. The third-order valence-corrected chi connectivity index (χ3v) is 5.26. The van der Waals surface area contributed by atoms with Crippen molar-refractivity contribution < 1.29 is 12.8 Å². The van der Waals surface area contributed by atoms with Gasteiger partial charge < -0.3 is 0 Å². The Bertz CT molecular complexity index is 833. The molecule has 0 saturated carbocycles. The summed E-state index contributed by atoms with van der Waals surface area (Å²) < 4.78 is 37.1. The van der Waals surface area contributed by atoms with Crippen LogP contribution in [0.1, 0.15) is 11.1 Å². The number of halogens is 4. The van der Waals surface area contributed by atoms with Gasteiger partial charge in [-0.05, 0) is 35.4 Å². The van der Waals surface area contributed by atoms with Crippen molar-refractivity contribution in [2.45, 2.75) is 5.75 Å². The average Bonchev–Trinajstić information content (AvgIpc) is 2.44. The van der Waals surface area contributed by atoms with Gasteiger partial charge >= 0.3 is 0 Å². The molecule has 22 heavy (non-hydrogen) atoms. The maximum atomic E-state index is 13.0. The Morgan fingerprint density at radius 3 is 2.45 bits per heavy atom. The van der Waals surface area contributed by atoms with E-state index < -0.39 is 15.7 Å². The molecule has 116 valence electrons. The second-order valence-corrected chi connectivity index (χ2v) is 7.57. The summed E-state index contributed by atoms with van der Waals surface area (Å²) in [6.07, 6.45) is 1.36. The van der Waals surface area contributed by atoms with E-state index in [-0.39, 0.29) is 15.8 Å². The summed E-state index contributed by atoms with van der Waals surface area (Å²) in [5.74, 6) is -0.853. The zero-order valence-corrected chi connectivity index (χ0v) is 14.1. The quantitative estimate of drug-likeness (QED) is 0.715. The molecule has 7 heteroatoms. The van der Waals surface area contributed by atoms with Crippen LogP contribution in [0.4, 0.5) is 4.39 Å². The van der Waals surface area contributed by atoms with E-state index in [0.717, 1.165) is 17.5 Å². The Morgan fingerprint density at radius 2 is 1.77 bits per heavy atom. The lowest BCUT2D eigenvalue weighted by Crippen LogP contribution is -2.01. The topological polar surface area (TPSA) is 34.1 Å². The first-order valence-electron chi connectivity index (χ1n) is 6.07. The van der Waals surface area contributed by atoms with Crippen molar-refractivity contribution in [2.24, 2.45) is 0 Å². The molecule has 0 aliphatic carbocycles. The van der Waals surface area contributed by atoms with E-state index >= 15 is 0 Å². The molecule has 0 heterocycles. The van der Waals surface area contributed by atoms with Crippen molar-refractivity contribution in [1.82, 2.24) is 0 Å². The second kappa shape index (κ2) is 7.01. The second-order valence-electron chi connectivity index (χ2n) is 4.49. The van der Waals surface area contributed by atoms with Crippen LogP contribution in [0.5, 0.6) is 0 Å². The number of hydrogen-bond acceptors (Lipinski definition) is 2. The van der Waals surface area contributed by atoms with Crippen molar-refractivity contribution >= 4 is 50.7 Å². The molecule has 0 aromatic heterocycles. The number of hydrogen-bond donors (Lipinski definition) is 0. The fourth-order valence-corrected chi connectivity index (χ4v) is 3.55. The van der Waals surface area contributed by atoms with Gasteiger partial charge in [0, 0.05) is 10.4 Å². The summed E-state index contributed by atoms with van der Waals surface area (Å²) in [6.45, 7) is 0. The van der Waals surface area contributed by atoms with Gasteiger partial charge in [-0.15, -0.1) is 0 Å². The number of benzene rings is 2. The Labute approximate surface area is 143 Å². The molecule has 0 atom stereocenters. The van der Waals surface area contributed by atoms with E-state index in [9.17, 15) is 12.8 Å². The van der Waals surface area contributed by atoms with E-state index in [4.69, 9.17) is 34.8 Å². The van der Waals surface area contributed by atoms with Crippen molar-refractivity contribution in [2.75, 3.05) is 0 Å². The zero-order chi connectivity index (χ0) is 16.3. The smallest absolute Gasteiger partial charge is 0.175 e. The normalized spacial score (nSPS) is 12.0. The standard InChI is InChI=1S/C15H10Cl3FO2S/c16-13-3-1-2-10(15(13)18)6-7-22(20,21)9-11-4-5-12(19)8-14(11)17/h1-8H,9H2. The molecular formula is C15H10Cl3FO2S. The molecule has 2 nitrogen and oxygen atoms in total. The minimum Gasteiger partial charge on any atom is -0.224 e. The summed E-state index contributed by atoms with van der Waals surface area (Å²) in [6, 6.07) is 8.49. The molecule has 0 amide bonds. The monoisotopic (exact) mass is 378 g/mol.